The molecule has 0 saturated carbocycles. The normalized spacial score (nSPS) is 21.7. The quantitative estimate of drug-likeness (QED) is 0.741. The number of aryl methyl sites for hydroxylation is 2. The van der Waals surface area contributed by atoms with E-state index in [1.165, 1.54) is 17.5 Å². The van der Waals surface area contributed by atoms with Gasteiger partial charge in [-0.2, -0.15) is 0 Å². The Balaban J connectivity index is 1.34. The predicted octanol–water partition coefficient (Wildman–Crippen LogP) is 2.47. The third kappa shape index (κ3) is 4.89. The summed E-state index contributed by atoms with van der Waals surface area (Å²) in [4.78, 5) is 29.1. The number of rotatable bonds is 4. The first-order valence-electron chi connectivity index (χ1n) is 10.9. The Morgan fingerprint density at radius 1 is 1.03 bits per heavy atom. The molecule has 7 heteroatoms. The highest BCUT2D eigenvalue weighted by Gasteiger charge is 2.30. The summed E-state index contributed by atoms with van der Waals surface area (Å²) in [6, 6.07) is 5.99. The maximum atomic E-state index is 13.0. The zero-order chi connectivity index (χ0) is 20.2. The van der Waals surface area contributed by atoms with Crippen LogP contribution in [-0.2, 0) is 22.4 Å². The van der Waals surface area contributed by atoms with E-state index in [0.29, 0.717) is 11.7 Å². The average Bonchev–Trinajstić information content (AvgIpc) is 3.37. The van der Waals surface area contributed by atoms with Crippen LogP contribution in [0.4, 0.5) is 5.69 Å². The number of fused-ring (bicyclic) bond motifs is 1. The molecule has 6 nitrogen and oxygen atoms in total. The second-order valence-electron chi connectivity index (χ2n) is 8.33. The smallest absolute Gasteiger partial charge is 0.245 e. The first kappa shape index (κ1) is 20.1. The van der Waals surface area contributed by atoms with E-state index in [0.717, 1.165) is 63.7 Å². The summed E-state index contributed by atoms with van der Waals surface area (Å²) in [7, 11) is 0. The van der Waals surface area contributed by atoms with Crippen LogP contribution in [0.1, 0.15) is 49.7 Å². The molecule has 156 valence electrons. The third-order valence-electron chi connectivity index (χ3n) is 6.23. The van der Waals surface area contributed by atoms with Crippen molar-refractivity contribution in [2.45, 2.75) is 57.4 Å². The van der Waals surface area contributed by atoms with Crippen LogP contribution in [0.3, 0.4) is 0 Å². The number of hydrogen-bond donors (Lipinski definition) is 2. The van der Waals surface area contributed by atoms with E-state index in [2.05, 4.69) is 22.8 Å². The predicted molar refractivity (Wildman–Crippen MR) is 118 cm³/mol. The monoisotopic (exact) mass is 414 g/mol. The van der Waals surface area contributed by atoms with Crippen molar-refractivity contribution >= 4 is 34.8 Å². The molecule has 0 bridgehead atoms. The number of hydrogen-bond acceptors (Lipinski definition) is 3. The highest BCUT2D eigenvalue weighted by molar-refractivity contribution is 7.80. The molecule has 0 aromatic heterocycles. The van der Waals surface area contributed by atoms with Crippen LogP contribution in [0.5, 0.6) is 0 Å². The van der Waals surface area contributed by atoms with E-state index >= 15 is 0 Å². The van der Waals surface area contributed by atoms with Gasteiger partial charge in [-0.1, -0.05) is 6.07 Å². The minimum atomic E-state index is -0.377. The summed E-state index contributed by atoms with van der Waals surface area (Å²) in [6.07, 6.45) is 8.21. The van der Waals surface area contributed by atoms with E-state index in [4.69, 9.17) is 12.2 Å². The lowest BCUT2D eigenvalue weighted by Gasteiger charge is -2.27. The Hall–Kier alpha value is -2.15. The van der Waals surface area contributed by atoms with Crippen LogP contribution in [0.2, 0.25) is 0 Å². The lowest BCUT2D eigenvalue weighted by Crippen LogP contribution is -2.51. The van der Waals surface area contributed by atoms with Crippen molar-refractivity contribution in [2.24, 2.45) is 0 Å². The van der Waals surface area contributed by atoms with E-state index in [9.17, 15) is 9.59 Å². The Morgan fingerprint density at radius 3 is 2.62 bits per heavy atom. The molecule has 1 aromatic carbocycles. The summed E-state index contributed by atoms with van der Waals surface area (Å²) in [5, 5.41) is 6.90. The second-order valence-corrected chi connectivity index (χ2v) is 8.74. The molecule has 1 atom stereocenters. The molecule has 1 aromatic rings. The summed E-state index contributed by atoms with van der Waals surface area (Å²) >= 11 is 5.49. The van der Waals surface area contributed by atoms with Gasteiger partial charge in [0.15, 0.2) is 5.11 Å². The number of carbonyl (C=O) groups excluding carboxylic acids is 2. The highest BCUT2D eigenvalue weighted by Crippen LogP contribution is 2.25. The van der Waals surface area contributed by atoms with Crippen molar-refractivity contribution < 1.29 is 9.59 Å². The van der Waals surface area contributed by atoms with Gasteiger partial charge in [0.2, 0.25) is 11.8 Å². The summed E-state index contributed by atoms with van der Waals surface area (Å²) < 4.78 is 0. The minimum Gasteiger partial charge on any atom is -0.351 e. The van der Waals surface area contributed by atoms with Crippen molar-refractivity contribution in [1.29, 1.82) is 0 Å². The maximum Gasteiger partial charge on any atom is 0.245 e. The minimum absolute atomic E-state index is 0.0202. The molecular formula is C22H30N4O2S. The van der Waals surface area contributed by atoms with Gasteiger partial charge in [0.05, 0.1) is 6.54 Å². The number of carbonyl (C=O) groups is 2. The Bertz CT molecular complexity index is 791. The molecule has 0 unspecified atom stereocenters. The van der Waals surface area contributed by atoms with Crippen LogP contribution >= 0.6 is 12.2 Å². The van der Waals surface area contributed by atoms with Gasteiger partial charge in [0, 0.05) is 25.3 Å². The van der Waals surface area contributed by atoms with Crippen molar-refractivity contribution in [1.82, 2.24) is 15.1 Å². The fourth-order valence-corrected chi connectivity index (χ4v) is 4.86. The number of benzene rings is 1. The fourth-order valence-electron chi connectivity index (χ4n) is 4.60. The molecule has 3 aliphatic rings. The van der Waals surface area contributed by atoms with Gasteiger partial charge in [-0.3, -0.25) is 9.59 Å². The second kappa shape index (κ2) is 9.11. The summed E-state index contributed by atoms with van der Waals surface area (Å²) in [5.41, 5.74) is 3.77. The average molecular weight is 415 g/mol. The van der Waals surface area contributed by atoms with Crippen molar-refractivity contribution in [2.75, 3.05) is 31.5 Å². The number of nitrogens with zero attached hydrogens (tertiary/aromatic N) is 2. The lowest BCUT2D eigenvalue weighted by molar-refractivity contribution is -0.140. The van der Waals surface area contributed by atoms with Gasteiger partial charge in [-0.05, 0) is 86.8 Å². The molecule has 0 spiro atoms. The van der Waals surface area contributed by atoms with E-state index in [1.807, 2.05) is 11.0 Å². The Kier molecular flexibility index (Phi) is 6.33. The zero-order valence-corrected chi connectivity index (χ0v) is 17.7. The Morgan fingerprint density at radius 2 is 1.79 bits per heavy atom. The standard InChI is InChI=1S/C22H30N4O2S/c27-20(25-11-3-4-12-25)15-26-13-2-1-8-19(21(26)28)24-22(29)23-18-10-9-16-6-5-7-17(16)14-18/h9-10,14,19H,1-8,11-13,15H2,(H2,23,24,29)/t19-/m0/s1. The molecule has 2 heterocycles. The van der Waals surface area contributed by atoms with Crippen LogP contribution in [0.15, 0.2) is 18.2 Å². The number of amides is 2. The molecule has 2 saturated heterocycles. The van der Waals surface area contributed by atoms with Gasteiger partial charge in [0.1, 0.15) is 6.04 Å². The van der Waals surface area contributed by atoms with Crippen LogP contribution in [0.25, 0.3) is 0 Å². The number of likely N-dealkylation sites (tertiary alicyclic amines) is 2. The van der Waals surface area contributed by atoms with Crippen molar-refractivity contribution in [3.05, 3.63) is 29.3 Å². The van der Waals surface area contributed by atoms with E-state index < -0.39 is 0 Å². The van der Waals surface area contributed by atoms with Crippen molar-refractivity contribution in [3.8, 4) is 0 Å². The van der Waals surface area contributed by atoms with Crippen LogP contribution < -0.4 is 10.6 Å². The Labute approximate surface area is 178 Å². The van der Waals surface area contributed by atoms with Gasteiger partial charge in [-0.15, -0.1) is 0 Å². The topological polar surface area (TPSA) is 64.7 Å². The van der Waals surface area contributed by atoms with Gasteiger partial charge >= 0.3 is 0 Å². The molecule has 29 heavy (non-hydrogen) atoms. The van der Waals surface area contributed by atoms with Gasteiger partial charge in [0.25, 0.3) is 0 Å². The summed E-state index contributed by atoms with van der Waals surface area (Å²) in [6.45, 7) is 2.46. The molecule has 2 aliphatic heterocycles. The molecule has 2 N–H and O–H groups in total. The molecule has 1 aliphatic carbocycles. The maximum absolute atomic E-state index is 13.0. The molecule has 2 amide bonds. The van der Waals surface area contributed by atoms with E-state index in [-0.39, 0.29) is 24.4 Å². The number of anilines is 1. The highest BCUT2D eigenvalue weighted by atomic mass is 32.1. The van der Waals surface area contributed by atoms with E-state index in [1.54, 1.807) is 4.90 Å². The molecule has 2 fully saturated rings. The SMILES string of the molecule is O=C(CN1CCCC[C@H](NC(=S)Nc2ccc3c(c2)CCC3)C1=O)N1CCCC1. The largest absolute Gasteiger partial charge is 0.351 e. The number of nitrogens with one attached hydrogen (secondary N) is 2. The summed E-state index contributed by atoms with van der Waals surface area (Å²) in [5.74, 6) is 0.0449. The van der Waals surface area contributed by atoms with Crippen molar-refractivity contribution in [3.63, 3.8) is 0 Å². The molecule has 4 rings (SSSR count). The van der Waals surface area contributed by atoms with Crippen LogP contribution in [-0.4, -0.2) is 58.9 Å². The van der Waals surface area contributed by atoms with Gasteiger partial charge in [-0.25, -0.2) is 0 Å². The third-order valence-corrected chi connectivity index (χ3v) is 6.45. The van der Waals surface area contributed by atoms with Crippen LogP contribution in [0, 0.1) is 0 Å². The zero-order valence-electron chi connectivity index (χ0n) is 16.9. The van der Waals surface area contributed by atoms with Gasteiger partial charge < -0.3 is 20.4 Å². The molecular weight excluding hydrogens is 384 g/mol. The fraction of sp³-hybridized carbons (Fsp3) is 0.591. The lowest BCUT2D eigenvalue weighted by atomic mass is 10.1. The first-order valence-corrected chi connectivity index (χ1v) is 11.3. The number of thiocarbonyl (C=S) groups is 1. The molecule has 0 radical (unpaired) electrons. The first-order chi connectivity index (χ1) is 14.1.